The van der Waals surface area contributed by atoms with Gasteiger partial charge in [0.25, 0.3) is 0 Å². The predicted molar refractivity (Wildman–Crippen MR) is 78.5 cm³/mol. The summed E-state index contributed by atoms with van der Waals surface area (Å²) < 4.78 is 0. The lowest BCUT2D eigenvalue weighted by atomic mass is 10.1. The van der Waals surface area contributed by atoms with Crippen LogP contribution in [0.1, 0.15) is 18.1 Å². The molecule has 18 heavy (non-hydrogen) atoms. The lowest BCUT2D eigenvalue weighted by molar-refractivity contribution is 1.02. The molecule has 4 heteroatoms. The number of halogens is 1. The maximum absolute atomic E-state index is 4.35. The van der Waals surface area contributed by atoms with Crippen LogP contribution in [-0.4, -0.2) is 17.0 Å². The summed E-state index contributed by atoms with van der Waals surface area (Å²) in [5.74, 6) is 0.712. The quantitative estimate of drug-likeness (QED) is 0.807. The summed E-state index contributed by atoms with van der Waals surface area (Å²) in [7, 11) is 1.98. The van der Waals surface area contributed by atoms with Gasteiger partial charge in [0.1, 0.15) is 0 Å². The van der Waals surface area contributed by atoms with Crippen molar-refractivity contribution in [1.82, 2.24) is 9.97 Å². The minimum atomic E-state index is 0.712. The highest BCUT2D eigenvalue weighted by Crippen LogP contribution is 2.20. The van der Waals surface area contributed by atoms with E-state index in [0.29, 0.717) is 5.95 Å². The fourth-order valence-corrected chi connectivity index (χ4v) is 1.95. The van der Waals surface area contributed by atoms with Gasteiger partial charge in [-0.3, -0.25) is 0 Å². The van der Waals surface area contributed by atoms with Crippen molar-refractivity contribution in [2.24, 2.45) is 0 Å². The lowest BCUT2D eigenvalue weighted by Gasteiger charge is -2.17. The molecule has 1 aromatic carbocycles. The number of anilines is 2. The Morgan fingerprint density at radius 1 is 1.06 bits per heavy atom. The second-order valence-electron chi connectivity index (χ2n) is 4.10. The van der Waals surface area contributed by atoms with Gasteiger partial charge in [0.2, 0.25) is 5.95 Å². The van der Waals surface area contributed by atoms with Crippen LogP contribution in [-0.2, 0) is 11.8 Å². The zero-order valence-electron chi connectivity index (χ0n) is 10.6. The normalized spacial score (nSPS) is 10.4. The lowest BCUT2D eigenvalue weighted by Crippen LogP contribution is -2.13. The highest BCUT2D eigenvalue weighted by molar-refractivity contribution is 9.08. The van der Waals surface area contributed by atoms with E-state index in [0.717, 1.165) is 23.0 Å². The van der Waals surface area contributed by atoms with Gasteiger partial charge in [-0.15, -0.1) is 0 Å². The molecule has 0 radical (unpaired) electrons. The summed E-state index contributed by atoms with van der Waals surface area (Å²) in [4.78, 5) is 10.7. The maximum atomic E-state index is 4.35. The van der Waals surface area contributed by atoms with Crippen LogP contribution in [0.15, 0.2) is 36.7 Å². The van der Waals surface area contributed by atoms with E-state index in [1.54, 1.807) is 0 Å². The summed E-state index contributed by atoms with van der Waals surface area (Å²) in [5.41, 5.74) is 3.51. The maximum Gasteiger partial charge on any atom is 0.229 e. The third-order valence-electron chi connectivity index (χ3n) is 2.88. The van der Waals surface area contributed by atoms with Gasteiger partial charge < -0.3 is 4.90 Å². The Morgan fingerprint density at radius 2 is 1.67 bits per heavy atom. The van der Waals surface area contributed by atoms with Crippen molar-refractivity contribution >= 4 is 27.6 Å². The number of benzene rings is 1. The first-order valence-corrected chi connectivity index (χ1v) is 7.06. The van der Waals surface area contributed by atoms with E-state index in [4.69, 9.17) is 0 Å². The smallest absolute Gasteiger partial charge is 0.229 e. The van der Waals surface area contributed by atoms with Crippen LogP contribution in [0.5, 0.6) is 0 Å². The third-order valence-corrected chi connectivity index (χ3v) is 3.53. The van der Waals surface area contributed by atoms with E-state index >= 15 is 0 Å². The number of aryl methyl sites for hydroxylation is 1. The number of rotatable bonds is 4. The SMILES string of the molecule is CCc1ccc(N(C)c2ncc(CBr)cn2)cc1. The van der Waals surface area contributed by atoms with Crippen molar-refractivity contribution in [2.75, 3.05) is 11.9 Å². The Balaban J connectivity index is 2.20. The molecule has 0 saturated carbocycles. The van der Waals surface area contributed by atoms with Crippen molar-refractivity contribution in [3.05, 3.63) is 47.8 Å². The number of hydrogen-bond acceptors (Lipinski definition) is 3. The molecular weight excluding hydrogens is 290 g/mol. The Labute approximate surface area is 116 Å². The average molecular weight is 306 g/mol. The highest BCUT2D eigenvalue weighted by Gasteiger charge is 2.06. The zero-order valence-corrected chi connectivity index (χ0v) is 12.2. The summed E-state index contributed by atoms with van der Waals surface area (Å²) in [6.45, 7) is 2.15. The molecule has 0 bridgehead atoms. The largest absolute Gasteiger partial charge is 0.314 e. The van der Waals surface area contributed by atoms with E-state index in [9.17, 15) is 0 Å². The van der Waals surface area contributed by atoms with Crippen LogP contribution in [0.2, 0.25) is 0 Å². The van der Waals surface area contributed by atoms with Crippen molar-refractivity contribution in [2.45, 2.75) is 18.7 Å². The van der Waals surface area contributed by atoms with Crippen LogP contribution in [0, 0.1) is 0 Å². The van der Waals surface area contributed by atoms with Gasteiger partial charge in [-0.1, -0.05) is 35.0 Å². The standard InChI is InChI=1S/C14H16BrN3/c1-3-11-4-6-13(7-5-11)18(2)14-16-9-12(8-15)10-17-14/h4-7,9-10H,3,8H2,1-2H3. The Morgan fingerprint density at radius 3 is 2.17 bits per heavy atom. The molecular formula is C14H16BrN3. The first-order chi connectivity index (χ1) is 8.74. The molecule has 0 amide bonds. The van der Waals surface area contributed by atoms with Gasteiger partial charge in [-0.25, -0.2) is 9.97 Å². The molecule has 0 fully saturated rings. The van der Waals surface area contributed by atoms with E-state index in [2.05, 4.69) is 57.1 Å². The van der Waals surface area contributed by atoms with Gasteiger partial charge in [0.05, 0.1) is 0 Å². The fourth-order valence-electron chi connectivity index (χ4n) is 1.66. The molecule has 0 unspecified atom stereocenters. The molecule has 0 aliphatic carbocycles. The van der Waals surface area contributed by atoms with Crippen LogP contribution in [0.25, 0.3) is 0 Å². The van der Waals surface area contributed by atoms with Gasteiger partial charge in [0.15, 0.2) is 0 Å². The Bertz CT molecular complexity index is 446. The summed E-state index contributed by atoms with van der Waals surface area (Å²) in [5, 5.41) is 0.780. The van der Waals surface area contributed by atoms with Crippen LogP contribution < -0.4 is 4.90 Å². The van der Waals surface area contributed by atoms with Gasteiger partial charge >= 0.3 is 0 Å². The average Bonchev–Trinajstić information content (AvgIpc) is 2.47. The van der Waals surface area contributed by atoms with Gasteiger partial charge in [0, 0.05) is 30.5 Å². The molecule has 2 rings (SSSR count). The van der Waals surface area contributed by atoms with Crippen molar-refractivity contribution in [1.29, 1.82) is 0 Å². The third kappa shape index (κ3) is 2.88. The number of alkyl halides is 1. The van der Waals surface area contributed by atoms with E-state index in [1.807, 2.05) is 24.3 Å². The summed E-state index contributed by atoms with van der Waals surface area (Å²) in [6, 6.07) is 8.47. The molecule has 1 aromatic heterocycles. The number of aromatic nitrogens is 2. The molecule has 0 aliphatic rings. The first-order valence-electron chi connectivity index (χ1n) is 5.94. The molecule has 3 nitrogen and oxygen atoms in total. The molecule has 1 heterocycles. The predicted octanol–water partition coefficient (Wildman–Crippen LogP) is 3.70. The molecule has 94 valence electrons. The topological polar surface area (TPSA) is 29.0 Å². The minimum Gasteiger partial charge on any atom is -0.314 e. The van der Waals surface area contributed by atoms with Gasteiger partial charge in [-0.2, -0.15) is 0 Å². The summed E-state index contributed by atoms with van der Waals surface area (Å²) in [6.07, 6.45) is 4.74. The Kier molecular flexibility index (Phi) is 4.31. The second kappa shape index (κ2) is 5.96. The summed E-state index contributed by atoms with van der Waals surface area (Å²) >= 11 is 3.39. The van der Waals surface area contributed by atoms with Crippen LogP contribution in [0.4, 0.5) is 11.6 Å². The monoisotopic (exact) mass is 305 g/mol. The van der Waals surface area contributed by atoms with Crippen molar-refractivity contribution in [3.8, 4) is 0 Å². The van der Waals surface area contributed by atoms with E-state index in [1.165, 1.54) is 5.56 Å². The Hall–Kier alpha value is -1.42. The van der Waals surface area contributed by atoms with E-state index < -0.39 is 0 Å². The molecule has 0 saturated heterocycles. The number of hydrogen-bond donors (Lipinski definition) is 0. The minimum absolute atomic E-state index is 0.712. The first kappa shape index (κ1) is 13.0. The molecule has 2 aromatic rings. The molecule has 0 atom stereocenters. The second-order valence-corrected chi connectivity index (χ2v) is 4.66. The van der Waals surface area contributed by atoms with Crippen molar-refractivity contribution in [3.63, 3.8) is 0 Å². The highest BCUT2D eigenvalue weighted by atomic mass is 79.9. The zero-order chi connectivity index (χ0) is 13.0. The van der Waals surface area contributed by atoms with E-state index in [-0.39, 0.29) is 0 Å². The van der Waals surface area contributed by atoms with Gasteiger partial charge in [-0.05, 0) is 29.7 Å². The molecule has 0 aliphatic heterocycles. The van der Waals surface area contributed by atoms with Crippen LogP contribution >= 0.6 is 15.9 Å². The fraction of sp³-hybridized carbons (Fsp3) is 0.286. The van der Waals surface area contributed by atoms with Crippen molar-refractivity contribution < 1.29 is 0 Å². The number of nitrogens with zero attached hydrogens (tertiary/aromatic N) is 3. The molecule has 0 N–H and O–H groups in total. The van der Waals surface area contributed by atoms with Crippen LogP contribution in [0.3, 0.4) is 0 Å². The molecule has 0 spiro atoms.